The number of aromatic nitrogens is 1. The van der Waals surface area contributed by atoms with Gasteiger partial charge in [0.05, 0.1) is 6.61 Å². The van der Waals surface area contributed by atoms with Crippen molar-refractivity contribution < 1.29 is 4.74 Å². The first-order chi connectivity index (χ1) is 8.33. The molecule has 1 atom stereocenters. The van der Waals surface area contributed by atoms with Gasteiger partial charge in [-0.1, -0.05) is 0 Å². The molecule has 1 unspecified atom stereocenters. The van der Waals surface area contributed by atoms with E-state index in [0.29, 0.717) is 5.92 Å². The van der Waals surface area contributed by atoms with Gasteiger partial charge >= 0.3 is 0 Å². The van der Waals surface area contributed by atoms with E-state index in [2.05, 4.69) is 34.3 Å². The van der Waals surface area contributed by atoms with Gasteiger partial charge in [-0.05, 0) is 19.4 Å². The Labute approximate surface area is 103 Å². The standard InChI is InChI=1S/C13H21N3O/c1-3-14-13-8-12(4-6-15-13)16-7-5-11(9-16)10-17-2/h4,6,8,11H,3,5,7,9-10H2,1-2H3,(H,14,15). The first-order valence-electron chi connectivity index (χ1n) is 6.27. The molecular formula is C13H21N3O. The normalized spacial score (nSPS) is 19.6. The summed E-state index contributed by atoms with van der Waals surface area (Å²) in [4.78, 5) is 6.70. The van der Waals surface area contributed by atoms with Gasteiger partial charge in [0, 0.05) is 50.6 Å². The highest BCUT2D eigenvalue weighted by Crippen LogP contribution is 2.25. The smallest absolute Gasteiger partial charge is 0.127 e. The maximum absolute atomic E-state index is 5.22. The number of pyridine rings is 1. The molecule has 1 aliphatic rings. The van der Waals surface area contributed by atoms with Crippen molar-refractivity contribution in [2.45, 2.75) is 13.3 Å². The molecule has 4 nitrogen and oxygen atoms in total. The molecule has 0 aliphatic carbocycles. The fourth-order valence-corrected chi connectivity index (χ4v) is 2.33. The average molecular weight is 235 g/mol. The Balaban J connectivity index is 2.00. The number of hydrogen-bond donors (Lipinski definition) is 1. The van der Waals surface area contributed by atoms with Crippen LogP contribution in [0.25, 0.3) is 0 Å². The van der Waals surface area contributed by atoms with Crippen molar-refractivity contribution in [3.05, 3.63) is 18.3 Å². The lowest BCUT2D eigenvalue weighted by molar-refractivity contribution is 0.161. The van der Waals surface area contributed by atoms with Gasteiger partial charge in [0.1, 0.15) is 5.82 Å². The van der Waals surface area contributed by atoms with Crippen molar-refractivity contribution in [1.82, 2.24) is 4.98 Å². The summed E-state index contributed by atoms with van der Waals surface area (Å²) in [6, 6.07) is 4.20. The maximum atomic E-state index is 5.22. The molecule has 0 spiro atoms. The number of methoxy groups -OCH3 is 1. The predicted octanol–water partition coefficient (Wildman–Crippen LogP) is 1.99. The van der Waals surface area contributed by atoms with E-state index in [1.165, 1.54) is 12.1 Å². The van der Waals surface area contributed by atoms with Crippen molar-refractivity contribution in [2.75, 3.05) is 43.6 Å². The van der Waals surface area contributed by atoms with Gasteiger partial charge in [0.15, 0.2) is 0 Å². The highest BCUT2D eigenvalue weighted by atomic mass is 16.5. The fourth-order valence-electron chi connectivity index (χ4n) is 2.33. The molecule has 2 rings (SSSR count). The van der Waals surface area contributed by atoms with E-state index in [-0.39, 0.29) is 0 Å². The summed E-state index contributed by atoms with van der Waals surface area (Å²) in [5, 5.41) is 3.25. The van der Waals surface area contributed by atoms with Crippen LogP contribution in [0, 0.1) is 5.92 Å². The third kappa shape index (κ3) is 3.09. The van der Waals surface area contributed by atoms with Crippen molar-refractivity contribution in [3.8, 4) is 0 Å². The van der Waals surface area contributed by atoms with Crippen LogP contribution in [0.1, 0.15) is 13.3 Å². The van der Waals surface area contributed by atoms with Crippen molar-refractivity contribution >= 4 is 11.5 Å². The quantitative estimate of drug-likeness (QED) is 0.847. The molecule has 4 heteroatoms. The van der Waals surface area contributed by atoms with Gasteiger partial charge < -0.3 is 15.0 Å². The van der Waals surface area contributed by atoms with Gasteiger partial charge in [-0.2, -0.15) is 0 Å². The molecule has 1 saturated heterocycles. The third-order valence-corrected chi connectivity index (χ3v) is 3.15. The second-order valence-corrected chi connectivity index (χ2v) is 4.49. The number of hydrogen-bond acceptors (Lipinski definition) is 4. The Kier molecular flexibility index (Phi) is 4.20. The lowest BCUT2D eigenvalue weighted by Crippen LogP contribution is -2.21. The van der Waals surface area contributed by atoms with Crippen LogP contribution in [0.4, 0.5) is 11.5 Å². The molecule has 1 aliphatic heterocycles. The molecule has 1 fully saturated rings. The summed E-state index contributed by atoms with van der Waals surface area (Å²) in [6.07, 6.45) is 3.09. The summed E-state index contributed by atoms with van der Waals surface area (Å²) in [6.45, 7) is 6.05. The molecule has 0 bridgehead atoms. The number of rotatable bonds is 5. The van der Waals surface area contributed by atoms with Crippen molar-refractivity contribution in [3.63, 3.8) is 0 Å². The van der Waals surface area contributed by atoms with E-state index in [1.54, 1.807) is 7.11 Å². The zero-order valence-corrected chi connectivity index (χ0v) is 10.6. The monoisotopic (exact) mass is 235 g/mol. The average Bonchev–Trinajstić information content (AvgIpc) is 2.79. The van der Waals surface area contributed by atoms with Gasteiger partial charge in [0.2, 0.25) is 0 Å². The first-order valence-corrected chi connectivity index (χ1v) is 6.27. The second-order valence-electron chi connectivity index (χ2n) is 4.49. The zero-order valence-electron chi connectivity index (χ0n) is 10.6. The van der Waals surface area contributed by atoms with Crippen molar-refractivity contribution in [2.24, 2.45) is 5.92 Å². The van der Waals surface area contributed by atoms with Crippen molar-refractivity contribution in [1.29, 1.82) is 0 Å². The fraction of sp³-hybridized carbons (Fsp3) is 0.615. The molecule has 1 aromatic heterocycles. The van der Waals surface area contributed by atoms with E-state index in [0.717, 1.165) is 32.1 Å². The second kappa shape index (κ2) is 5.87. The number of anilines is 2. The molecule has 0 saturated carbocycles. The number of nitrogens with zero attached hydrogens (tertiary/aromatic N) is 2. The predicted molar refractivity (Wildman–Crippen MR) is 70.6 cm³/mol. The molecular weight excluding hydrogens is 214 g/mol. The first kappa shape index (κ1) is 12.2. The van der Waals surface area contributed by atoms with E-state index in [1.807, 2.05) is 6.20 Å². The molecule has 1 N–H and O–H groups in total. The summed E-state index contributed by atoms with van der Waals surface area (Å²) in [5.41, 5.74) is 1.26. The Morgan fingerprint density at radius 2 is 2.47 bits per heavy atom. The van der Waals surface area contributed by atoms with Crippen LogP contribution in [-0.4, -0.2) is 38.3 Å². The van der Waals surface area contributed by atoms with Crippen LogP contribution >= 0.6 is 0 Å². The van der Waals surface area contributed by atoms with E-state index in [9.17, 15) is 0 Å². The SMILES string of the molecule is CCNc1cc(N2CCC(COC)C2)ccn1. The minimum absolute atomic E-state index is 0.663. The highest BCUT2D eigenvalue weighted by molar-refractivity contribution is 5.54. The summed E-state index contributed by atoms with van der Waals surface area (Å²) >= 11 is 0. The van der Waals surface area contributed by atoms with E-state index >= 15 is 0 Å². The van der Waals surface area contributed by atoms with Crippen LogP contribution in [0.3, 0.4) is 0 Å². The Morgan fingerprint density at radius 3 is 3.24 bits per heavy atom. The van der Waals surface area contributed by atoms with E-state index < -0.39 is 0 Å². The molecule has 2 heterocycles. The number of ether oxygens (including phenoxy) is 1. The topological polar surface area (TPSA) is 37.4 Å². The van der Waals surface area contributed by atoms with Gasteiger partial charge in [0.25, 0.3) is 0 Å². The largest absolute Gasteiger partial charge is 0.384 e. The van der Waals surface area contributed by atoms with Crippen LogP contribution in [0.2, 0.25) is 0 Å². The molecule has 0 aromatic carbocycles. The Bertz CT molecular complexity index is 356. The maximum Gasteiger partial charge on any atom is 0.127 e. The molecule has 1 aromatic rings. The summed E-state index contributed by atoms with van der Waals surface area (Å²) < 4.78 is 5.22. The summed E-state index contributed by atoms with van der Waals surface area (Å²) in [7, 11) is 1.78. The highest BCUT2D eigenvalue weighted by Gasteiger charge is 2.22. The minimum atomic E-state index is 0.663. The lowest BCUT2D eigenvalue weighted by Gasteiger charge is -2.19. The molecule has 0 radical (unpaired) electrons. The van der Waals surface area contributed by atoms with Crippen LogP contribution < -0.4 is 10.2 Å². The lowest BCUT2D eigenvalue weighted by atomic mass is 10.1. The van der Waals surface area contributed by atoms with Gasteiger partial charge in [-0.15, -0.1) is 0 Å². The molecule has 94 valence electrons. The van der Waals surface area contributed by atoms with Crippen LogP contribution in [0.15, 0.2) is 18.3 Å². The molecule has 0 amide bonds. The minimum Gasteiger partial charge on any atom is -0.384 e. The zero-order chi connectivity index (χ0) is 12.1. The Morgan fingerprint density at radius 1 is 1.59 bits per heavy atom. The van der Waals surface area contributed by atoms with Crippen LogP contribution in [0.5, 0.6) is 0 Å². The summed E-state index contributed by atoms with van der Waals surface area (Å²) in [5.74, 6) is 1.62. The van der Waals surface area contributed by atoms with Gasteiger partial charge in [-0.25, -0.2) is 4.98 Å². The Hall–Kier alpha value is -1.29. The third-order valence-electron chi connectivity index (χ3n) is 3.15. The number of nitrogens with one attached hydrogen (secondary N) is 1. The van der Waals surface area contributed by atoms with E-state index in [4.69, 9.17) is 4.74 Å². The van der Waals surface area contributed by atoms with Gasteiger partial charge in [-0.3, -0.25) is 0 Å². The molecule has 17 heavy (non-hydrogen) atoms. The van der Waals surface area contributed by atoms with Crippen LogP contribution in [-0.2, 0) is 4.74 Å².